The molecule has 0 spiro atoms. The summed E-state index contributed by atoms with van der Waals surface area (Å²) in [6, 6.07) is 9.60. The van der Waals surface area contributed by atoms with Crippen LogP contribution >= 0.6 is 0 Å². The molecule has 7 heteroatoms. The Kier molecular flexibility index (Phi) is 4.21. The van der Waals surface area contributed by atoms with E-state index in [0.29, 0.717) is 11.4 Å². The zero-order valence-corrected chi connectivity index (χ0v) is 11.5. The summed E-state index contributed by atoms with van der Waals surface area (Å²) < 4.78 is 26.3. The maximum absolute atomic E-state index is 12.6. The minimum Gasteiger partial charge on any atom is -0.397 e. The van der Waals surface area contributed by atoms with Crippen molar-refractivity contribution in [1.29, 1.82) is 0 Å². The number of sulfonamides is 1. The average Bonchev–Trinajstić information content (AvgIpc) is 2.46. The third-order valence-corrected chi connectivity index (χ3v) is 4.53. The van der Waals surface area contributed by atoms with Crippen LogP contribution in [0.3, 0.4) is 0 Å². The number of benzene rings is 1. The van der Waals surface area contributed by atoms with Gasteiger partial charge in [0.1, 0.15) is 4.90 Å². The Bertz CT molecular complexity index is 674. The predicted octanol–water partition coefficient (Wildman–Crippen LogP) is 0.851. The minimum atomic E-state index is -3.81. The van der Waals surface area contributed by atoms with E-state index in [4.69, 9.17) is 10.8 Å². The van der Waals surface area contributed by atoms with Gasteiger partial charge in [0, 0.05) is 12.4 Å². The number of pyridine rings is 1. The fraction of sp³-hybridized carbons (Fsp3) is 0.154. The first-order valence-corrected chi connectivity index (χ1v) is 7.39. The van der Waals surface area contributed by atoms with E-state index in [-0.39, 0.29) is 18.0 Å². The molecule has 0 atom stereocenters. The van der Waals surface area contributed by atoms with Crippen molar-refractivity contribution in [1.82, 2.24) is 4.98 Å². The molecule has 0 radical (unpaired) electrons. The van der Waals surface area contributed by atoms with Crippen molar-refractivity contribution < 1.29 is 13.5 Å². The van der Waals surface area contributed by atoms with Gasteiger partial charge in [0.2, 0.25) is 0 Å². The van der Waals surface area contributed by atoms with Crippen LogP contribution in [0, 0.1) is 0 Å². The van der Waals surface area contributed by atoms with Crippen molar-refractivity contribution in [3.8, 4) is 0 Å². The largest absolute Gasteiger partial charge is 0.397 e. The number of hydrogen-bond donors (Lipinski definition) is 2. The molecule has 0 bridgehead atoms. The molecular formula is C13H15N3O3S. The molecule has 3 N–H and O–H groups in total. The number of rotatable bonds is 5. The number of aliphatic hydroxyl groups excluding tert-OH is 1. The average molecular weight is 293 g/mol. The Morgan fingerprint density at radius 2 is 1.95 bits per heavy atom. The second-order valence-corrected chi connectivity index (χ2v) is 5.91. The second kappa shape index (κ2) is 5.89. The Labute approximate surface area is 117 Å². The molecule has 0 aliphatic rings. The Hall–Kier alpha value is -2.12. The fourth-order valence-corrected chi connectivity index (χ4v) is 3.25. The Balaban J connectivity index is 2.52. The number of aliphatic hydroxyl groups is 1. The van der Waals surface area contributed by atoms with Gasteiger partial charge < -0.3 is 10.8 Å². The van der Waals surface area contributed by atoms with Crippen molar-refractivity contribution in [3.05, 3.63) is 48.8 Å². The second-order valence-electron chi connectivity index (χ2n) is 4.05. The first-order valence-electron chi connectivity index (χ1n) is 5.95. The number of nitrogens with zero attached hydrogens (tertiary/aromatic N) is 2. The van der Waals surface area contributed by atoms with Gasteiger partial charge in [-0.3, -0.25) is 9.29 Å². The van der Waals surface area contributed by atoms with Gasteiger partial charge in [0.25, 0.3) is 10.0 Å². The molecule has 0 saturated carbocycles. The van der Waals surface area contributed by atoms with E-state index in [0.717, 1.165) is 4.31 Å². The van der Waals surface area contributed by atoms with Gasteiger partial charge in [0.05, 0.1) is 24.5 Å². The lowest BCUT2D eigenvalue weighted by Crippen LogP contribution is -2.34. The van der Waals surface area contributed by atoms with Gasteiger partial charge in [-0.05, 0) is 24.3 Å². The van der Waals surface area contributed by atoms with E-state index >= 15 is 0 Å². The summed E-state index contributed by atoms with van der Waals surface area (Å²) in [6.45, 7) is -0.390. The summed E-state index contributed by atoms with van der Waals surface area (Å²) in [6.07, 6.45) is 2.76. The highest BCUT2D eigenvalue weighted by Crippen LogP contribution is 2.27. The van der Waals surface area contributed by atoms with Crippen molar-refractivity contribution in [2.24, 2.45) is 0 Å². The fourth-order valence-electron chi connectivity index (χ4n) is 1.80. The number of aromatic nitrogens is 1. The molecule has 1 heterocycles. The first-order chi connectivity index (χ1) is 9.57. The van der Waals surface area contributed by atoms with Crippen LogP contribution in [0.2, 0.25) is 0 Å². The van der Waals surface area contributed by atoms with Gasteiger partial charge in [-0.2, -0.15) is 0 Å². The molecule has 1 aromatic carbocycles. The van der Waals surface area contributed by atoms with Crippen molar-refractivity contribution in [3.63, 3.8) is 0 Å². The molecule has 0 aliphatic carbocycles. The highest BCUT2D eigenvalue weighted by Gasteiger charge is 2.25. The molecule has 0 fully saturated rings. The zero-order valence-electron chi connectivity index (χ0n) is 10.7. The van der Waals surface area contributed by atoms with Crippen LogP contribution < -0.4 is 10.0 Å². The highest BCUT2D eigenvalue weighted by atomic mass is 32.2. The first kappa shape index (κ1) is 14.3. The summed E-state index contributed by atoms with van der Waals surface area (Å²) in [5.74, 6) is 0. The van der Waals surface area contributed by atoms with Crippen LogP contribution in [0.1, 0.15) is 0 Å². The van der Waals surface area contributed by atoms with Crippen LogP contribution in [0.15, 0.2) is 53.7 Å². The molecule has 0 amide bonds. The molecular weight excluding hydrogens is 278 g/mol. The quantitative estimate of drug-likeness (QED) is 0.797. The van der Waals surface area contributed by atoms with Crippen LogP contribution in [0.25, 0.3) is 0 Å². The van der Waals surface area contributed by atoms with Gasteiger partial charge in [0.15, 0.2) is 0 Å². The molecule has 1 aromatic heterocycles. The number of para-hydroxylation sites is 2. The topological polar surface area (TPSA) is 96.5 Å². The summed E-state index contributed by atoms with van der Waals surface area (Å²) in [5.41, 5.74) is 6.49. The summed E-state index contributed by atoms with van der Waals surface area (Å²) in [5, 5.41) is 9.14. The van der Waals surface area contributed by atoms with Crippen LogP contribution in [0.5, 0.6) is 0 Å². The summed E-state index contributed by atoms with van der Waals surface area (Å²) >= 11 is 0. The summed E-state index contributed by atoms with van der Waals surface area (Å²) in [4.78, 5) is 3.86. The van der Waals surface area contributed by atoms with E-state index in [1.807, 2.05) is 0 Å². The van der Waals surface area contributed by atoms with Gasteiger partial charge in [-0.1, -0.05) is 12.1 Å². The standard InChI is InChI=1S/C13H15N3O3S/c14-12-5-1-2-6-13(12)16(8-9-17)20(18,19)11-4-3-7-15-10-11/h1-7,10,17H,8-9,14H2. The smallest absolute Gasteiger partial charge is 0.266 e. The summed E-state index contributed by atoms with van der Waals surface area (Å²) in [7, 11) is -3.81. The van der Waals surface area contributed by atoms with Crippen molar-refractivity contribution in [2.45, 2.75) is 4.90 Å². The number of anilines is 2. The molecule has 2 aromatic rings. The normalized spacial score (nSPS) is 11.2. The molecule has 20 heavy (non-hydrogen) atoms. The van der Waals surface area contributed by atoms with Gasteiger partial charge in [-0.15, -0.1) is 0 Å². The van der Waals surface area contributed by atoms with Crippen LogP contribution in [0.4, 0.5) is 11.4 Å². The third-order valence-electron chi connectivity index (χ3n) is 2.73. The number of nitrogen functional groups attached to an aromatic ring is 1. The van der Waals surface area contributed by atoms with E-state index in [1.54, 1.807) is 30.3 Å². The molecule has 0 aliphatic heterocycles. The minimum absolute atomic E-state index is 0.0525. The van der Waals surface area contributed by atoms with Gasteiger partial charge >= 0.3 is 0 Å². The number of hydrogen-bond acceptors (Lipinski definition) is 5. The highest BCUT2D eigenvalue weighted by molar-refractivity contribution is 7.92. The zero-order chi connectivity index (χ0) is 14.6. The Morgan fingerprint density at radius 1 is 1.20 bits per heavy atom. The number of nitrogens with two attached hydrogens (primary N) is 1. The van der Waals surface area contributed by atoms with E-state index in [1.165, 1.54) is 18.5 Å². The van der Waals surface area contributed by atoms with E-state index < -0.39 is 10.0 Å². The Morgan fingerprint density at radius 3 is 2.55 bits per heavy atom. The third kappa shape index (κ3) is 2.73. The lowest BCUT2D eigenvalue weighted by molar-refractivity contribution is 0.306. The maximum Gasteiger partial charge on any atom is 0.266 e. The molecule has 106 valence electrons. The van der Waals surface area contributed by atoms with E-state index in [9.17, 15) is 8.42 Å². The van der Waals surface area contributed by atoms with Crippen molar-refractivity contribution >= 4 is 21.4 Å². The lowest BCUT2D eigenvalue weighted by Gasteiger charge is -2.24. The molecule has 6 nitrogen and oxygen atoms in total. The maximum atomic E-state index is 12.6. The lowest BCUT2D eigenvalue weighted by atomic mass is 10.3. The predicted molar refractivity (Wildman–Crippen MR) is 76.7 cm³/mol. The van der Waals surface area contributed by atoms with Crippen LogP contribution in [-0.2, 0) is 10.0 Å². The van der Waals surface area contributed by atoms with Crippen LogP contribution in [-0.4, -0.2) is 31.7 Å². The molecule has 2 rings (SSSR count). The van der Waals surface area contributed by atoms with Crippen molar-refractivity contribution in [2.75, 3.05) is 23.2 Å². The SMILES string of the molecule is Nc1ccccc1N(CCO)S(=O)(=O)c1cccnc1. The van der Waals surface area contributed by atoms with E-state index in [2.05, 4.69) is 4.98 Å². The molecule has 0 unspecified atom stereocenters. The molecule has 0 saturated heterocycles. The monoisotopic (exact) mass is 293 g/mol. The van der Waals surface area contributed by atoms with Gasteiger partial charge in [-0.25, -0.2) is 8.42 Å².